The predicted molar refractivity (Wildman–Crippen MR) is 46.7 cm³/mol. The summed E-state index contributed by atoms with van der Waals surface area (Å²) in [6.07, 6.45) is 2.41. The normalized spacial score (nSPS) is 40.1. The molecule has 1 aliphatic carbocycles. The summed E-state index contributed by atoms with van der Waals surface area (Å²) in [5.41, 5.74) is 0.276. The van der Waals surface area contributed by atoms with Crippen molar-refractivity contribution in [3.05, 3.63) is 0 Å². The molecule has 0 aromatic carbocycles. The van der Waals surface area contributed by atoms with Gasteiger partial charge in [0.15, 0.2) is 0 Å². The van der Waals surface area contributed by atoms with Crippen LogP contribution in [-0.4, -0.2) is 24.8 Å². The van der Waals surface area contributed by atoms with E-state index in [0.717, 1.165) is 13.2 Å². The topological polar surface area (TPSA) is 21.3 Å². The fraction of sp³-hybridized carbons (Fsp3) is 1.00. The SMILES string of the molecule is CC.CCC12CC1NCCO2. The Morgan fingerprint density at radius 1 is 1.55 bits per heavy atom. The van der Waals surface area contributed by atoms with Gasteiger partial charge in [-0.05, 0) is 12.8 Å². The molecule has 1 saturated carbocycles. The molecule has 2 unspecified atom stereocenters. The third-order valence-corrected chi connectivity index (χ3v) is 2.51. The van der Waals surface area contributed by atoms with Crippen molar-refractivity contribution < 1.29 is 4.74 Å². The Bertz CT molecular complexity index is 127. The van der Waals surface area contributed by atoms with Gasteiger partial charge in [0, 0.05) is 12.6 Å². The molecule has 1 aliphatic heterocycles. The van der Waals surface area contributed by atoms with Crippen molar-refractivity contribution in [2.24, 2.45) is 0 Å². The van der Waals surface area contributed by atoms with Crippen LogP contribution in [0.25, 0.3) is 0 Å². The number of hydrogen-bond acceptors (Lipinski definition) is 2. The second kappa shape index (κ2) is 3.55. The summed E-state index contributed by atoms with van der Waals surface area (Å²) in [5, 5.41) is 3.42. The Morgan fingerprint density at radius 2 is 2.27 bits per heavy atom. The van der Waals surface area contributed by atoms with Crippen LogP contribution in [0.1, 0.15) is 33.6 Å². The molecule has 66 valence electrons. The molecule has 0 radical (unpaired) electrons. The Labute approximate surface area is 69.3 Å². The second-order valence-corrected chi connectivity index (χ2v) is 2.98. The molecule has 2 nitrogen and oxygen atoms in total. The van der Waals surface area contributed by atoms with Crippen LogP contribution in [-0.2, 0) is 4.74 Å². The third kappa shape index (κ3) is 1.57. The molecule has 0 aromatic rings. The first kappa shape index (κ1) is 9.01. The minimum Gasteiger partial charge on any atom is -0.372 e. The first-order chi connectivity index (χ1) is 5.37. The summed E-state index contributed by atoms with van der Waals surface area (Å²) in [5.74, 6) is 0. The van der Waals surface area contributed by atoms with Gasteiger partial charge in [0.2, 0.25) is 0 Å². The van der Waals surface area contributed by atoms with E-state index in [-0.39, 0.29) is 5.60 Å². The van der Waals surface area contributed by atoms with Gasteiger partial charge >= 0.3 is 0 Å². The van der Waals surface area contributed by atoms with Crippen molar-refractivity contribution in [1.29, 1.82) is 0 Å². The van der Waals surface area contributed by atoms with Gasteiger partial charge in [0.1, 0.15) is 0 Å². The molecule has 2 aliphatic rings. The van der Waals surface area contributed by atoms with Crippen LogP contribution in [0.15, 0.2) is 0 Å². The van der Waals surface area contributed by atoms with Gasteiger partial charge in [-0.2, -0.15) is 0 Å². The zero-order valence-electron chi connectivity index (χ0n) is 7.81. The van der Waals surface area contributed by atoms with Crippen LogP contribution in [0.4, 0.5) is 0 Å². The molecular formula is C9H19NO. The largest absolute Gasteiger partial charge is 0.372 e. The fourth-order valence-electron chi connectivity index (χ4n) is 1.68. The maximum Gasteiger partial charge on any atom is 0.0849 e. The highest BCUT2D eigenvalue weighted by atomic mass is 16.5. The standard InChI is InChI=1S/C7H13NO.C2H6/c1-2-7-5-6(7)8-3-4-9-7;1-2/h6,8H,2-5H2,1H3;1-2H3. The molecule has 1 saturated heterocycles. The Morgan fingerprint density at radius 3 is 2.73 bits per heavy atom. The molecule has 0 aromatic heterocycles. The molecule has 2 fully saturated rings. The molecule has 1 heterocycles. The Hall–Kier alpha value is -0.0800. The van der Waals surface area contributed by atoms with Gasteiger partial charge in [-0.25, -0.2) is 0 Å². The summed E-state index contributed by atoms with van der Waals surface area (Å²) < 4.78 is 5.63. The van der Waals surface area contributed by atoms with E-state index in [2.05, 4.69) is 12.2 Å². The molecule has 0 amide bonds. The van der Waals surface area contributed by atoms with E-state index >= 15 is 0 Å². The lowest BCUT2D eigenvalue weighted by atomic mass is 10.2. The summed E-state index contributed by atoms with van der Waals surface area (Å²) in [4.78, 5) is 0. The second-order valence-electron chi connectivity index (χ2n) is 2.98. The monoisotopic (exact) mass is 157 g/mol. The average molecular weight is 157 g/mol. The number of morpholine rings is 1. The van der Waals surface area contributed by atoms with Crippen molar-refractivity contribution in [1.82, 2.24) is 5.32 Å². The fourth-order valence-corrected chi connectivity index (χ4v) is 1.68. The minimum absolute atomic E-state index is 0.276. The highest BCUT2D eigenvalue weighted by Crippen LogP contribution is 2.44. The van der Waals surface area contributed by atoms with Crippen LogP contribution in [0.2, 0.25) is 0 Å². The van der Waals surface area contributed by atoms with Crippen LogP contribution >= 0.6 is 0 Å². The van der Waals surface area contributed by atoms with E-state index in [1.807, 2.05) is 13.8 Å². The molecule has 2 heteroatoms. The predicted octanol–water partition coefficient (Wildman–Crippen LogP) is 1.55. The molecule has 2 rings (SSSR count). The van der Waals surface area contributed by atoms with E-state index in [1.165, 1.54) is 12.8 Å². The first-order valence-corrected chi connectivity index (χ1v) is 4.75. The average Bonchev–Trinajstić information content (AvgIpc) is 2.83. The van der Waals surface area contributed by atoms with Crippen molar-refractivity contribution in [3.63, 3.8) is 0 Å². The highest BCUT2D eigenvalue weighted by Gasteiger charge is 2.55. The van der Waals surface area contributed by atoms with Gasteiger partial charge in [-0.1, -0.05) is 20.8 Å². The zero-order chi connectivity index (χ0) is 8.32. The van der Waals surface area contributed by atoms with Crippen molar-refractivity contribution in [2.75, 3.05) is 13.2 Å². The van der Waals surface area contributed by atoms with Gasteiger partial charge in [0.25, 0.3) is 0 Å². The molecular weight excluding hydrogens is 138 g/mol. The van der Waals surface area contributed by atoms with E-state index < -0.39 is 0 Å². The maximum atomic E-state index is 5.63. The summed E-state index contributed by atoms with van der Waals surface area (Å²) >= 11 is 0. The van der Waals surface area contributed by atoms with Gasteiger partial charge in [-0.15, -0.1) is 0 Å². The van der Waals surface area contributed by atoms with E-state index in [9.17, 15) is 0 Å². The van der Waals surface area contributed by atoms with Crippen molar-refractivity contribution >= 4 is 0 Å². The lowest BCUT2D eigenvalue weighted by Gasteiger charge is -2.21. The quantitative estimate of drug-likeness (QED) is 0.623. The van der Waals surface area contributed by atoms with Crippen molar-refractivity contribution in [3.8, 4) is 0 Å². The van der Waals surface area contributed by atoms with E-state index in [4.69, 9.17) is 4.74 Å². The molecule has 2 atom stereocenters. The van der Waals surface area contributed by atoms with Crippen LogP contribution in [0, 0.1) is 0 Å². The Balaban J connectivity index is 0.000000281. The maximum absolute atomic E-state index is 5.63. The van der Waals surface area contributed by atoms with Crippen LogP contribution in [0.3, 0.4) is 0 Å². The summed E-state index contributed by atoms with van der Waals surface area (Å²) in [7, 11) is 0. The lowest BCUT2D eigenvalue weighted by molar-refractivity contribution is 0.00479. The van der Waals surface area contributed by atoms with Gasteiger partial charge in [-0.3, -0.25) is 0 Å². The number of ether oxygens (including phenoxy) is 1. The van der Waals surface area contributed by atoms with Gasteiger partial charge in [0.05, 0.1) is 12.2 Å². The van der Waals surface area contributed by atoms with Crippen molar-refractivity contribution in [2.45, 2.75) is 45.3 Å². The number of nitrogens with one attached hydrogen (secondary N) is 1. The van der Waals surface area contributed by atoms with E-state index in [1.54, 1.807) is 0 Å². The number of fused-ring (bicyclic) bond motifs is 1. The molecule has 0 bridgehead atoms. The Kier molecular flexibility index (Phi) is 2.90. The first-order valence-electron chi connectivity index (χ1n) is 4.75. The van der Waals surface area contributed by atoms with Crippen LogP contribution < -0.4 is 5.32 Å². The third-order valence-electron chi connectivity index (χ3n) is 2.51. The minimum atomic E-state index is 0.276. The number of hydrogen-bond donors (Lipinski definition) is 1. The summed E-state index contributed by atoms with van der Waals surface area (Å²) in [6, 6.07) is 0.691. The molecule has 0 spiro atoms. The number of rotatable bonds is 1. The van der Waals surface area contributed by atoms with Crippen LogP contribution in [0.5, 0.6) is 0 Å². The highest BCUT2D eigenvalue weighted by molar-refractivity contribution is 5.11. The van der Waals surface area contributed by atoms with Gasteiger partial charge < -0.3 is 10.1 Å². The zero-order valence-corrected chi connectivity index (χ0v) is 7.81. The van der Waals surface area contributed by atoms with E-state index in [0.29, 0.717) is 6.04 Å². The molecule has 11 heavy (non-hydrogen) atoms. The lowest BCUT2D eigenvalue weighted by Crippen LogP contribution is -2.37. The molecule has 1 N–H and O–H groups in total. The summed E-state index contributed by atoms with van der Waals surface area (Å²) in [6.45, 7) is 8.16. The smallest absolute Gasteiger partial charge is 0.0849 e.